The van der Waals surface area contributed by atoms with Crippen molar-refractivity contribution in [3.63, 3.8) is 0 Å². The van der Waals surface area contributed by atoms with E-state index >= 15 is 0 Å². The van der Waals surface area contributed by atoms with Gasteiger partial charge in [-0.25, -0.2) is 21.2 Å². The lowest BCUT2D eigenvalue weighted by Crippen LogP contribution is -2.35. The molecule has 1 amide bonds. The molecule has 1 aliphatic rings. The molecular formula is C20H23FN2O5S2. The number of halogens is 1. The number of hydrogen-bond donors (Lipinski definition) is 1. The number of amides is 1. The largest absolute Gasteiger partial charge is 0.325 e. The molecule has 162 valence electrons. The summed E-state index contributed by atoms with van der Waals surface area (Å²) in [5.74, 6) is -1.40. The highest BCUT2D eigenvalue weighted by Crippen LogP contribution is 2.24. The number of nitrogens with one attached hydrogen (secondary N) is 1. The normalized spacial score (nSPS) is 16.7. The molecule has 0 aromatic heterocycles. The Hall–Kier alpha value is -2.30. The van der Waals surface area contributed by atoms with Crippen LogP contribution in [0.4, 0.5) is 10.1 Å². The molecule has 0 bridgehead atoms. The molecule has 1 N–H and O–H groups in total. The number of carbonyl (C=O) groups is 1. The van der Waals surface area contributed by atoms with E-state index in [1.165, 1.54) is 35.5 Å². The smallest absolute Gasteiger partial charge is 0.243 e. The van der Waals surface area contributed by atoms with Gasteiger partial charge in [0.25, 0.3) is 0 Å². The summed E-state index contributed by atoms with van der Waals surface area (Å²) in [6.07, 6.45) is 2.59. The van der Waals surface area contributed by atoms with Crippen LogP contribution in [0.15, 0.2) is 58.3 Å². The van der Waals surface area contributed by atoms with Crippen molar-refractivity contribution in [3.8, 4) is 0 Å². The number of rotatable bonds is 6. The minimum atomic E-state index is -4.04. The van der Waals surface area contributed by atoms with Gasteiger partial charge in [-0.05, 0) is 62.2 Å². The van der Waals surface area contributed by atoms with Crippen molar-refractivity contribution in [2.24, 2.45) is 0 Å². The standard InChI is InChI=1S/C20H23FN2O5S2/c1-15(29(25,26)18-10-8-16(21)9-11-18)20(24)22-17-6-5-7-19(14-17)30(27,28)23-12-3-2-4-13-23/h5-11,14-15H,2-4,12-13H2,1H3,(H,22,24). The monoisotopic (exact) mass is 454 g/mol. The number of hydrogen-bond acceptors (Lipinski definition) is 5. The third-order valence-electron chi connectivity index (χ3n) is 5.03. The molecule has 0 aliphatic carbocycles. The summed E-state index contributed by atoms with van der Waals surface area (Å²) in [5, 5.41) is 1.02. The lowest BCUT2D eigenvalue weighted by atomic mass is 10.2. The molecule has 1 fully saturated rings. The van der Waals surface area contributed by atoms with Crippen LogP contribution >= 0.6 is 0 Å². The molecule has 10 heteroatoms. The predicted octanol–water partition coefficient (Wildman–Crippen LogP) is 2.80. The quantitative estimate of drug-likeness (QED) is 0.677. The Bertz CT molecular complexity index is 1130. The molecule has 0 spiro atoms. The minimum Gasteiger partial charge on any atom is -0.325 e. The Morgan fingerprint density at radius 1 is 0.967 bits per heavy atom. The molecule has 7 nitrogen and oxygen atoms in total. The topological polar surface area (TPSA) is 101 Å². The zero-order valence-corrected chi connectivity index (χ0v) is 18.0. The van der Waals surface area contributed by atoms with Gasteiger partial charge in [-0.15, -0.1) is 0 Å². The van der Waals surface area contributed by atoms with Crippen molar-refractivity contribution in [2.75, 3.05) is 18.4 Å². The van der Waals surface area contributed by atoms with Crippen LogP contribution in [0.3, 0.4) is 0 Å². The van der Waals surface area contributed by atoms with E-state index < -0.39 is 36.8 Å². The van der Waals surface area contributed by atoms with Gasteiger partial charge in [0.05, 0.1) is 9.79 Å². The van der Waals surface area contributed by atoms with Crippen molar-refractivity contribution in [2.45, 2.75) is 41.2 Å². The molecule has 30 heavy (non-hydrogen) atoms. The zero-order chi connectivity index (χ0) is 21.9. The van der Waals surface area contributed by atoms with Crippen molar-refractivity contribution >= 4 is 31.5 Å². The van der Waals surface area contributed by atoms with E-state index in [4.69, 9.17) is 0 Å². The molecule has 2 aromatic rings. The highest BCUT2D eigenvalue weighted by atomic mass is 32.2. The van der Waals surface area contributed by atoms with Gasteiger partial charge in [0.1, 0.15) is 11.1 Å². The Kier molecular flexibility index (Phi) is 6.59. The minimum absolute atomic E-state index is 0.0382. The summed E-state index contributed by atoms with van der Waals surface area (Å²) in [6, 6.07) is 9.95. The van der Waals surface area contributed by atoms with Gasteiger partial charge in [0, 0.05) is 18.8 Å². The Labute approximate surface area is 175 Å². The van der Waals surface area contributed by atoms with Crippen LogP contribution in [0.25, 0.3) is 0 Å². The molecule has 1 aliphatic heterocycles. The summed E-state index contributed by atoms with van der Waals surface area (Å²) in [6.45, 7) is 2.13. The number of anilines is 1. The van der Waals surface area contributed by atoms with E-state index in [0.717, 1.165) is 43.5 Å². The number of sulfone groups is 1. The summed E-state index contributed by atoms with van der Waals surface area (Å²) in [7, 11) is -7.72. The van der Waals surface area contributed by atoms with Crippen LogP contribution in [0.1, 0.15) is 26.2 Å². The molecule has 1 atom stereocenters. The molecular weight excluding hydrogens is 431 g/mol. The summed E-state index contributed by atoms with van der Waals surface area (Å²) in [5.41, 5.74) is 0.180. The number of sulfonamides is 1. The van der Waals surface area contributed by atoms with E-state index in [1.54, 1.807) is 0 Å². The first-order chi connectivity index (χ1) is 14.1. The number of benzene rings is 2. The van der Waals surface area contributed by atoms with Crippen LogP contribution in [-0.2, 0) is 24.7 Å². The fraction of sp³-hybridized carbons (Fsp3) is 0.350. The Balaban J connectivity index is 1.78. The highest BCUT2D eigenvalue weighted by molar-refractivity contribution is 7.92. The maximum Gasteiger partial charge on any atom is 0.243 e. The van der Waals surface area contributed by atoms with Crippen molar-refractivity contribution < 1.29 is 26.0 Å². The van der Waals surface area contributed by atoms with Crippen LogP contribution in [-0.4, -0.2) is 45.4 Å². The van der Waals surface area contributed by atoms with Crippen LogP contribution < -0.4 is 5.32 Å². The van der Waals surface area contributed by atoms with Crippen LogP contribution in [0.2, 0.25) is 0 Å². The average molecular weight is 455 g/mol. The second kappa shape index (κ2) is 8.83. The zero-order valence-electron chi connectivity index (χ0n) is 16.4. The third-order valence-corrected chi connectivity index (χ3v) is 9.00. The van der Waals surface area contributed by atoms with Crippen molar-refractivity contribution in [1.82, 2.24) is 4.31 Å². The molecule has 2 aromatic carbocycles. The Morgan fingerprint density at radius 3 is 2.23 bits per heavy atom. The summed E-state index contributed by atoms with van der Waals surface area (Å²) < 4.78 is 65.4. The van der Waals surface area contributed by atoms with Crippen molar-refractivity contribution in [3.05, 3.63) is 54.3 Å². The van der Waals surface area contributed by atoms with E-state index in [2.05, 4.69) is 5.32 Å². The Morgan fingerprint density at radius 2 is 1.60 bits per heavy atom. The van der Waals surface area contributed by atoms with E-state index in [9.17, 15) is 26.0 Å². The molecule has 0 radical (unpaired) electrons. The van der Waals surface area contributed by atoms with Gasteiger partial charge >= 0.3 is 0 Å². The van der Waals surface area contributed by atoms with Gasteiger partial charge in [-0.3, -0.25) is 4.79 Å². The van der Waals surface area contributed by atoms with E-state index in [0.29, 0.717) is 13.1 Å². The van der Waals surface area contributed by atoms with Crippen molar-refractivity contribution in [1.29, 1.82) is 0 Å². The number of nitrogens with zero attached hydrogens (tertiary/aromatic N) is 1. The molecule has 1 saturated heterocycles. The van der Waals surface area contributed by atoms with E-state index in [-0.39, 0.29) is 15.5 Å². The first kappa shape index (κ1) is 22.4. The second-order valence-electron chi connectivity index (χ2n) is 7.12. The van der Waals surface area contributed by atoms with E-state index in [1.807, 2.05) is 0 Å². The first-order valence-electron chi connectivity index (χ1n) is 9.53. The highest BCUT2D eigenvalue weighted by Gasteiger charge is 2.30. The van der Waals surface area contributed by atoms with Gasteiger partial charge in [-0.2, -0.15) is 4.31 Å². The molecule has 0 saturated carbocycles. The van der Waals surface area contributed by atoms with Gasteiger partial charge < -0.3 is 5.32 Å². The SMILES string of the molecule is CC(C(=O)Nc1cccc(S(=O)(=O)N2CCCCC2)c1)S(=O)(=O)c1ccc(F)cc1. The molecule has 1 unspecified atom stereocenters. The number of piperidine rings is 1. The number of carbonyl (C=O) groups excluding carboxylic acids is 1. The summed E-state index contributed by atoms with van der Waals surface area (Å²) >= 11 is 0. The third kappa shape index (κ3) is 4.71. The predicted molar refractivity (Wildman–Crippen MR) is 111 cm³/mol. The van der Waals surface area contributed by atoms with Gasteiger partial charge in [0.2, 0.25) is 15.9 Å². The van der Waals surface area contributed by atoms with Gasteiger partial charge in [0.15, 0.2) is 9.84 Å². The molecule has 3 rings (SSSR count). The fourth-order valence-corrected chi connectivity index (χ4v) is 6.03. The van der Waals surface area contributed by atoms with Crippen LogP contribution in [0.5, 0.6) is 0 Å². The van der Waals surface area contributed by atoms with Crippen LogP contribution in [0, 0.1) is 5.82 Å². The lowest BCUT2D eigenvalue weighted by molar-refractivity contribution is -0.115. The average Bonchev–Trinajstić information content (AvgIpc) is 2.74. The fourth-order valence-electron chi connectivity index (χ4n) is 3.20. The maximum atomic E-state index is 13.1. The second-order valence-corrected chi connectivity index (χ2v) is 11.3. The first-order valence-corrected chi connectivity index (χ1v) is 12.5. The lowest BCUT2D eigenvalue weighted by Gasteiger charge is -2.26. The molecule has 1 heterocycles. The maximum absolute atomic E-state index is 13.1. The van der Waals surface area contributed by atoms with Gasteiger partial charge in [-0.1, -0.05) is 12.5 Å². The summed E-state index contributed by atoms with van der Waals surface area (Å²) in [4.78, 5) is 12.4.